The van der Waals surface area contributed by atoms with Gasteiger partial charge in [-0.05, 0) is 42.7 Å². The van der Waals surface area contributed by atoms with E-state index in [4.69, 9.17) is 0 Å². The number of anilines is 1. The highest BCUT2D eigenvalue weighted by molar-refractivity contribution is 5.89. The molecule has 6 nitrogen and oxygen atoms in total. The van der Waals surface area contributed by atoms with E-state index in [1.165, 1.54) is 4.90 Å². The molecular weight excluding hydrogens is 364 g/mol. The fourth-order valence-corrected chi connectivity index (χ4v) is 3.83. The van der Waals surface area contributed by atoms with E-state index in [9.17, 15) is 9.59 Å². The Morgan fingerprint density at radius 3 is 2.31 bits per heavy atom. The lowest BCUT2D eigenvalue weighted by atomic mass is 10.1. The fraction of sp³-hybridized carbons (Fsp3) is 0.391. The van der Waals surface area contributed by atoms with Crippen LogP contribution in [0.15, 0.2) is 48.5 Å². The molecule has 29 heavy (non-hydrogen) atoms. The van der Waals surface area contributed by atoms with E-state index < -0.39 is 0 Å². The largest absolute Gasteiger partial charge is 0.347 e. The first-order valence-corrected chi connectivity index (χ1v) is 10.3. The Bertz CT molecular complexity index is 810. The smallest absolute Gasteiger partial charge is 0.319 e. The van der Waals surface area contributed by atoms with Crippen LogP contribution >= 0.6 is 0 Å². The minimum Gasteiger partial charge on any atom is -0.347 e. The summed E-state index contributed by atoms with van der Waals surface area (Å²) in [5, 5.41) is 8.98. The van der Waals surface area contributed by atoms with Crippen LogP contribution in [-0.4, -0.2) is 37.6 Å². The van der Waals surface area contributed by atoms with Crippen molar-refractivity contribution in [1.82, 2.24) is 10.6 Å². The Balaban J connectivity index is 1.36. The number of hydrogen-bond donors (Lipinski definition) is 4. The van der Waals surface area contributed by atoms with Crippen LogP contribution in [0.3, 0.4) is 0 Å². The quantitative estimate of drug-likeness (QED) is 0.602. The molecule has 1 aliphatic rings. The molecule has 0 unspecified atom stereocenters. The summed E-state index contributed by atoms with van der Waals surface area (Å²) in [7, 11) is 0. The number of rotatable bonds is 6. The van der Waals surface area contributed by atoms with Crippen LogP contribution in [-0.2, 0) is 11.3 Å². The van der Waals surface area contributed by atoms with E-state index in [0.717, 1.165) is 48.3 Å². The molecule has 2 aromatic rings. The first-order chi connectivity index (χ1) is 14.0. The molecule has 0 spiro atoms. The number of urea groups is 1. The molecule has 0 radical (unpaired) electrons. The SMILES string of the molecule is Cc1cc(C)cc(NC(=O)NC2CC[NH+](CC(=O)NCc3ccccc3)CC2)c1. The summed E-state index contributed by atoms with van der Waals surface area (Å²) in [6, 6.07) is 15.9. The van der Waals surface area contributed by atoms with E-state index >= 15 is 0 Å². The van der Waals surface area contributed by atoms with Gasteiger partial charge in [0.1, 0.15) is 0 Å². The highest BCUT2D eigenvalue weighted by Gasteiger charge is 2.25. The van der Waals surface area contributed by atoms with Gasteiger partial charge in [-0.1, -0.05) is 36.4 Å². The lowest BCUT2D eigenvalue weighted by molar-refractivity contribution is -0.897. The van der Waals surface area contributed by atoms with Crippen LogP contribution in [0, 0.1) is 13.8 Å². The Morgan fingerprint density at radius 2 is 1.66 bits per heavy atom. The second-order valence-corrected chi connectivity index (χ2v) is 7.94. The Hall–Kier alpha value is -2.86. The fourth-order valence-electron chi connectivity index (χ4n) is 3.83. The first kappa shape index (κ1) is 20.9. The lowest BCUT2D eigenvalue weighted by Gasteiger charge is -2.29. The number of benzene rings is 2. The molecule has 1 aliphatic heterocycles. The molecule has 4 N–H and O–H groups in total. The molecule has 3 amide bonds. The normalized spacial score (nSPS) is 18.7. The van der Waals surface area contributed by atoms with Crippen molar-refractivity contribution >= 4 is 17.6 Å². The standard InChI is InChI=1S/C23H30N4O2/c1-17-12-18(2)14-21(13-17)26-23(29)25-20-8-10-27(11-9-20)16-22(28)24-15-19-6-4-3-5-7-19/h3-7,12-14,20H,8-11,15-16H2,1-2H3,(H,24,28)(H2,25,26,29)/p+1. The van der Waals surface area contributed by atoms with Crippen LogP contribution in [0.4, 0.5) is 10.5 Å². The number of aryl methyl sites for hydroxylation is 2. The van der Waals surface area contributed by atoms with Crippen molar-refractivity contribution in [3.8, 4) is 0 Å². The van der Waals surface area contributed by atoms with Crippen LogP contribution in [0.1, 0.15) is 29.5 Å². The predicted molar refractivity (Wildman–Crippen MR) is 115 cm³/mol. The van der Waals surface area contributed by atoms with Gasteiger partial charge >= 0.3 is 6.03 Å². The number of piperidine rings is 1. The molecule has 154 valence electrons. The monoisotopic (exact) mass is 395 g/mol. The molecule has 3 rings (SSSR count). The van der Waals surface area contributed by atoms with E-state index in [2.05, 4.69) is 22.0 Å². The van der Waals surface area contributed by atoms with Gasteiger partial charge in [0.25, 0.3) is 5.91 Å². The van der Waals surface area contributed by atoms with Crippen molar-refractivity contribution in [1.29, 1.82) is 0 Å². The number of hydrogen-bond acceptors (Lipinski definition) is 2. The average Bonchev–Trinajstić information content (AvgIpc) is 2.68. The number of quaternary nitrogens is 1. The highest BCUT2D eigenvalue weighted by Crippen LogP contribution is 2.13. The number of carbonyl (C=O) groups is 2. The molecule has 1 fully saturated rings. The Morgan fingerprint density at radius 1 is 1.00 bits per heavy atom. The molecule has 0 bridgehead atoms. The molecule has 6 heteroatoms. The van der Waals surface area contributed by atoms with Gasteiger partial charge < -0.3 is 20.9 Å². The summed E-state index contributed by atoms with van der Waals surface area (Å²) in [6.45, 7) is 6.85. The van der Waals surface area contributed by atoms with Crippen molar-refractivity contribution in [3.05, 3.63) is 65.2 Å². The van der Waals surface area contributed by atoms with Crippen LogP contribution in [0.5, 0.6) is 0 Å². The summed E-state index contributed by atoms with van der Waals surface area (Å²) in [6.07, 6.45) is 1.75. The van der Waals surface area contributed by atoms with Gasteiger partial charge in [0, 0.05) is 31.1 Å². The van der Waals surface area contributed by atoms with Gasteiger partial charge in [0.2, 0.25) is 0 Å². The molecule has 0 aromatic heterocycles. The van der Waals surface area contributed by atoms with Crippen LogP contribution < -0.4 is 20.9 Å². The topological polar surface area (TPSA) is 74.7 Å². The lowest BCUT2D eigenvalue weighted by Crippen LogP contribution is -3.14. The van der Waals surface area contributed by atoms with Crippen LogP contribution in [0.25, 0.3) is 0 Å². The Labute approximate surface area is 172 Å². The summed E-state index contributed by atoms with van der Waals surface area (Å²) < 4.78 is 0. The Kier molecular flexibility index (Phi) is 7.25. The number of nitrogens with one attached hydrogen (secondary N) is 4. The van der Waals surface area contributed by atoms with E-state index in [0.29, 0.717) is 13.1 Å². The molecular formula is C23H31N4O2+. The van der Waals surface area contributed by atoms with Crippen molar-refractivity contribution in [2.24, 2.45) is 0 Å². The van der Waals surface area contributed by atoms with Gasteiger partial charge in [-0.2, -0.15) is 0 Å². The predicted octanol–water partition coefficient (Wildman–Crippen LogP) is 1.79. The van der Waals surface area contributed by atoms with Crippen LogP contribution in [0.2, 0.25) is 0 Å². The highest BCUT2D eigenvalue weighted by atomic mass is 16.2. The summed E-state index contributed by atoms with van der Waals surface area (Å²) >= 11 is 0. The molecule has 0 aliphatic carbocycles. The van der Waals surface area contributed by atoms with E-state index in [1.54, 1.807) is 0 Å². The zero-order chi connectivity index (χ0) is 20.6. The molecule has 2 aromatic carbocycles. The first-order valence-electron chi connectivity index (χ1n) is 10.3. The molecule has 0 saturated carbocycles. The van der Waals surface area contributed by atoms with Crippen molar-refractivity contribution in [2.75, 3.05) is 25.0 Å². The van der Waals surface area contributed by atoms with Gasteiger partial charge in [-0.3, -0.25) is 4.79 Å². The minimum atomic E-state index is -0.163. The maximum absolute atomic E-state index is 12.3. The summed E-state index contributed by atoms with van der Waals surface area (Å²) in [5.41, 5.74) is 4.18. The third-order valence-electron chi connectivity index (χ3n) is 5.25. The maximum Gasteiger partial charge on any atom is 0.319 e. The summed E-state index contributed by atoms with van der Waals surface area (Å²) in [5.74, 6) is 0.0721. The maximum atomic E-state index is 12.3. The van der Waals surface area contributed by atoms with Gasteiger partial charge in [0.15, 0.2) is 6.54 Å². The zero-order valence-corrected chi connectivity index (χ0v) is 17.3. The number of amides is 3. The van der Waals surface area contributed by atoms with Gasteiger partial charge in [-0.15, -0.1) is 0 Å². The zero-order valence-electron chi connectivity index (χ0n) is 17.3. The third kappa shape index (κ3) is 6.91. The van der Waals surface area contributed by atoms with Gasteiger partial charge in [0.05, 0.1) is 13.1 Å². The number of carbonyl (C=O) groups excluding carboxylic acids is 2. The van der Waals surface area contributed by atoms with E-state index in [-0.39, 0.29) is 18.0 Å². The van der Waals surface area contributed by atoms with Crippen molar-refractivity contribution in [2.45, 2.75) is 39.3 Å². The number of likely N-dealkylation sites (tertiary alicyclic amines) is 1. The molecule has 1 heterocycles. The van der Waals surface area contributed by atoms with Crippen molar-refractivity contribution < 1.29 is 14.5 Å². The second kappa shape index (κ2) is 10.1. The van der Waals surface area contributed by atoms with E-state index in [1.807, 2.05) is 56.3 Å². The minimum absolute atomic E-state index is 0.0721. The average molecular weight is 396 g/mol. The molecule has 1 saturated heterocycles. The summed E-state index contributed by atoms with van der Waals surface area (Å²) in [4.78, 5) is 25.7. The third-order valence-corrected chi connectivity index (χ3v) is 5.25. The van der Waals surface area contributed by atoms with Gasteiger partial charge in [-0.25, -0.2) is 4.79 Å². The second-order valence-electron chi connectivity index (χ2n) is 7.94. The molecule has 0 atom stereocenters. The van der Waals surface area contributed by atoms with Crippen molar-refractivity contribution in [3.63, 3.8) is 0 Å².